The number of likely N-dealkylation sites (tertiary alicyclic amines) is 1. The van der Waals surface area contributed by atoms with Gasteiger partial charge in [0.15, 0.2) is 0 Å². The van der Waals surface area contributed by atoms with E-state index in [-0.39, 0.29) is 11.6 Å². The zero-order valence-electron chi connectivity index (χ0n) is 16.3. The summed E-state index contributed by atoms with van der Waals surface area (Å²) in [6, 6.07) is 3.85. The highest BCUT2D eigenvalue weighted by Crippen LogP contribution is 2.30. The lowest BCUT2D eigenvalue weighted by atomic mass is 9.99. The van der Waals surface area contributed by atoms with Crippen LogP contribution in [0.4, 0.5) is 0 Å². The number of pyridine rings is 1. The van der Waals surface area contributed by atoms with Gasteiger partial charge in [-0.15, -0.1) is 0 Å². The summed E-state index contributed by atoms with van der Waals surface area (Å²) in [5.74, 6) is 1.22. The number of thioether (sulfide) groups is 1. The molecule has 0 atom stereocenters. The maximum Gasteiger partial charge on any atom is 0.349 e. The van der Waals surface area contributed by atoms with Crippen molar-refractivity contribution in [3.8, 4) is 0 Å². The molecule has 0 unspecified atom stereocenters. The minimum absolute atomic E-state index is 0.159. The first kappa shape index (κ1) is 19.2. The maximum absolute atomic E-state index is 12.7. The molecule has 1 aliphatic carbocycles. The Hall–Kier alpha value is -2.15. The van der Waals surface area contributed by atoms with E-state index in [9.17, 15) is 9.59 Å². The van der Waals surface area contributed by atoms with E-state index in [1.54, 1.807) is 17.0 Å². The third-order valence-corrected chi connectivity index (χ3v) is 6.76. The normalized spacial score (nSPS) is 17.0. The average molecular weight is 399 g/mol. The molecule has 3 heterocycles. The van der Waals surface area contributed by atoms with Crippen LogP contribution in [0.5, 0.6) is 0 Å². The molecule has 7 heteroatoms. The van der Waals surface area contributed by atoms with Crippen molar-refractivity contribution in [3.05, 3.63) is 51.8 Å². The molecule has 6 nitrogen and oxygen atoms in total. The third kappa shape index (κ3) is 4.14. The molecular formula is C21H26N4O2S. The molecule has 2 aromatic rings. The minimum Gasteiger partial charge on any atom is -0.342 e. The number of hydrogen-bond acceptors (Lipinski definition) is 5. The Labute approximate surface area is 169 Å². The average Bonchev–Trinajstić information content (AvgIpc) is 3.20. The van der Waals surface area contributed by atoms with Crippen LogP contribution in [-0.2, 0) is 24.2 Å². The zero-order valence-corrected chi connectivity index (χ0v) is 17.1. The van der Waals surface area contributed by atoms with Gasteiger partial charge in [-0.3, -0.25) is 14.3 Å². The Morgan fingerprint density at radius 2 is 1.96 bits per heavy atom. The molecule has 28 heavy (non-hydrogen) atoms. The van der Waals surface area contributed by atoms with Crippen LogP contribution in [0.3, 0.4) is 0 Å². The van der Waals surface area contributed by atoms with Crippen LogP contribution in [-0.4, -0.2) is 44.2 Å². The molecule has 0 aromatic carbocycles. The third-order valence-electron chi connectivity index (χ3n) is 5.76. The van der Waals surface area contributed by atoms with Gasteiger partial charge in [0.05, 0.1) is 12.3 Å². The van der Waals surface area contributed by atoms with Gasteiger partial charge in [-0.1, -0.05) is 18.7 Å². The first-order valence-corrected chi connectivity index (χ1v) is 11.0. The highest BCUT2D eigenvalue weighted by molar-refractivity contribution is 7.99. The molecular weight excluding hydrogens is 372 g/mol. The summed E-state index contributed by atoms with van der Waals surface area (Å²) in [4.78, 5) is 35.6. The molecule has 0 saturated carbocycles. The van der Waals surface area contributed by atoms with Gasteiger partial charge in [0.25, 0.3) is 0 Å². The fourth-order valence-electron chi connectivity index (χ4n) is 4.02. The molecule has 2 aromatic heterocycles. The number of hydrogen-bond donors (Lipinski definition) is 0. The fourth-order valence-corrected chi connectivity index (χ4v) is 5.00. The number of piperidine rings is 1. The first-order valence-electron chi connectivity index (χ1n) is 10.0. The number of nitrogens with zero attached hydrogens (tertiary/aromatic N) is 4. The topological polar surface area (TPSA) is 68.1 Å². The van der Waals surface area contributed by atoms with E-state index < -0.39 is 0 Å². The lowest BCUT2D eigenvalue weighted by molar-refractivity contribution is -0.129. The molecule has 0 bridgehead atoms. The Morgan fingerprint density at radius 3 is 2.71 bits per heavy atom. The van der Waals surface area contributed by atoms with Crippen molar-refractivity contribution in [2.75, 3.05) is 18.8 Å². The second-order valence-corrected chi connectivity index (χ2v) is 8.74. The SMILES string of the molecule is CC1CCN(C(=O)CSc2nc(=O)n(Cc3ccncc3)c3c2CCC3)CC1. The van der Waals surface area contributed by atoms with Crippen molar-refractivity contribution in [1.29, 1.82) is 0 Å². The number of carbonyl (C=O) groups excluding carboxylic acids is 1. The molecule has 2 aliphatic rings. The van der Waals surface area contributed by atoms with Crippen molar-refractivity contribution in [1.82, 2.24) is 19.4 Å². The van der Waals surface area contributed by atoms with Crippen LogP contribution in [0.2, 0.25) is 0 Å². The van der Waals surface area contributed by atoms with Crippen LogP contribution in [0.25, 0.3) is 0 Å². The summed E-state index contributed by atoms with van der Waals surface area (Å²) in [6.45, 7) is 4.45. The van der Waals surface area contributed by atoms with E-state index >= 15 is 0 Å². The second-order valence-electron chi connectivity index (χ2n) is 7.77. The Bertz CT molecular complexity index is 905. The highest BCUT2D eigenvalue weighted by Gasteiger charge is 2.24. The lowest BCUT2D eigenvalue weighted by Crippen LogP contribution is -2.39. The van der Waals surface area contributed by atoms with Crippen LogP contribution < -0.4 is 5.69 Å². The van der Waals surface area contributed by atoms with Crippen LogP contribution in [0, 0.1) is 5.92 Å². The van der Waals surface area contributed by atoms with Crippen molar-refractivity contribution in [2.45, 2.75) is 50.6 Å². The van der Waals surface area contributed by atoms with Crippen molar-refractivity contribution >= 4 is 17.7 Å². The standard InChI is InChI=1S/C21H26N4O2S/c1-15-7-11-24(12-8-15)19(26)14-28-20-17-3-2-4-18(17)25(21(27)23-20)13-16-5-9-22-10-6-16/h5-6,9-10,15H,2-4,7-8,11-14H2,1H3. The summed E-state index contributed by atoms with van der Waals surface area (Å²) in [7, 11) is 0. The first-order chi connectivity index (χ1) is 13.6. The smallest absolute Gasteiger partial charge is 0.342 e. The molecule has 1 amide bonds. The number of carbonyl (C=O) groups is 1. The summed E-state index contributed by atoms with van der Waals surface area (Å²) >= 11 is 1.43. The molecule has 0 radical (unpaired) electrons. The second kappa shape index (κ2) is 8.47. The molecule has 1 saturated heterocycles. The van der Waals surface area contributed by atoms with Gasteiger partial charge in [-0.2, -0.15) is 4.98 Å². The Balaban J connectivity index is 1.50. The Morgan fingerprint density at radius 1 is 1.21 bits per heavy atom. The molecule has 148 valence electrons. The van der Waals surface area contributed by atoms with Crippen molar-refractivity contribution in [2.24, 2.45) is 5.92 Å². The fraction of sp³-hybridized carbons (Fsp3) is 0.524. The summed E-state index contributed by atoms with van der Waals surface area (Å²) in [5, 5.41) is 0.752. The summed E-state index contributed by atoms with van der Waals surface area (Å²) in [6.07, 6.45) is 8.49. The van der Waals surface area contributed by atoms with E-state index in [0.29, 0.717) is 18.2 Å². The van der Waals surface area contributed by atoms with Gasteiger partial charge >= 0.3 is 5.69 Å². The van der Waals surface area contributed by atoms with E-state index in [1.165, 1.54) is 11.8 Å². The van der Waals surface area contributed by atoms with Crippen molar-refractivity contribution < 1.29 is 4.79 Å². The highest BCUT2D eigenvalue weighted by atomic mass is 32.2. The van der Waals surface area contributed by atoms with E-state index in [1.807, 2.05) is 17.0 Å². The van der Waals surface area contributed by atoms with Gasteiger partial charge in [-0.05, 0) is 55.7 Å². The zero-order chi connectivity index (χ0) is 19.5. The van der Waals surface area contributed by atoms with Gasteiger partial charge in [0, 0.05) is 36.7 Å². The van der Waals surface area contributed by atoms with Crippen LogP contribution in [0.1, 0.15) is 43.0 Å². The van der Waals surface area contributed by atoms with Gasteiger partial charge in [0.1, 0.15) is 5.03 Å². The van der Waals surface area contributed by atoms with E-state index in [4.69, 9.17) is 0 Å². The molecule has 0 spiro atoms. The summed E-state index contributed by atoms with van der Waals surface area (Å²) < 4.78 is 1.79. The molecule has 1 fully saturated rings. The predicted octanol–water partition coefficient (Wildman–Crippen LogP) is 2.53. The molecule has 0 N–H and O–H groups in total. The number of rotatable bonds is 5. The molecule has 1 aliphatic heterocycles. The maximum atomic E-state index is 12.7. The quantitative estimate of drug-likeness (QED) is 0.572. The van der Waals surface area contributed by atoms with Crippen LogP contribution in [0.15, 0.2) is 34.3 Å². The van der Waals surface area contributed by atoms with Crippen LogP contribution >= 0.6 is 11.8 Å². The van der Waals surface area contributed by atoms with E-state index in [2.05, 4.69) is 16.9 Å². The largest absolute Gasteiger partial charge is 0.349 e. The lowest BCUT2D eigenvalue weighted by Gasteiger charge is -2.30. The number of amides is 1. The molecule has 4 rings (SSSR count). The number of fused-ring (bicyclic) bond motifs is 1. The summed E-state index contributed by atoms with van der Waals surface area (Å²) in [5.41, 5.74) is 3.05. The van der Waals surface area contributed by atoms with Gasteiger partial charge in [0.2, 0.25) is 5.91 Å². The monoisotopic (exact) mass is 398 g/mol. The van der Waals surface area contributed by atoms with Gasteiger partial charge < -0.3 is 4.90 Å². The Kier molecular flexibility index (Phi) is 5.80. The predicted molar refractivity (Wildman–Crippen MR) is 110 cm³/mol. The van der Waals surface area contributed by atoms with Crippen molar-refractivity contribution in [3.63, 3.8) is 0 Å². The number of aromatic nitrogens is 3. The van der Waals surface area contributed by atoms with E-state index in [0.717, 1.165) is 67.0 Å². The minimum atomic E-state index is -0.223. The van der Waals surface area contributed by atoms with Gasteiger partial charge in [-0.25, -0.2) is 4.79 Å².